The zero-order valence-corrected chi connectivity index (χ0v) is 16.4. The minimum atomic E-state index is -3.52. The number of carbonyl (C=O) groups excluding carboxylic acids is 1. The van der Waals surface area contributed by atoms with Gasteiger partial charge in [-0.2, -0.15) is 4.31 Å². The van der Waals surface area contributed by atoms with Crippen LogP contribution in [0.2, 0.25) is 0 Å². The standard InChI is InChI=1S/C20H23N3O4S/c1-27-18-7-5-6-17(16-18)10-11-21-20(24)22-12-14-23(15-13-22)28(25,26)19-8-3-2-4-9-19/h2-11,16H,12-15H2,1H3,(H,21,24)/b11-10+. The maximum Gasteiger partial charge on any atom is 0.321 e. The van der Waals surface area contributed by atoms with Gasteiger partial charge < -0.3 is 15.0 Å². The molecular formula is C20H23N3O4S. The first-order valence-electron chi connectivity index (χ1n) is 8.92. The average molecular weight is 401 g/mol. The van der Waals surface area contributed by atoms with Gasteiger partial charge in [0.05, 0.1) is 12.0 Å². The number of hydrogen-bond donors (Lipinski definition) is 1. The van der Waals surface area contributed by atoms with Gasteiger partial charge in [0.2, 0.25) is 10.0 Å². The van der Waals surface area contributed by atoms with Crippen LogP contribution in [-0.4, -0.2) is 56.9 Å². The number of hydrogen-bond acceptors (Lipinski definition) is 4. The van der Waals surface area contributed by atoms with Crippen LogP contribution in [0.4, 0.5) is 4.79 Å². The summed E-state index contributed by atoms with van der Waals surface area (Å²) in [6.45, 7) is 1.21. The molecular weight excluding hydrogens is 378 g/mol. The van der Waals surface area contributed by atoms with E-state index in [-0.39, 0.29) is 24.0 Å². The largest absolute Gasteiger partial charge is 0.497 e. The van der Waals surface area contributed by atoms with Gasteiger partial charge in [0.1, 0.15) is 5.75 Å². The van der Waals surface area contributed by atoms with Crippen LogP contribution >= 0.6 is 0 Å². The SMILES string of the molecule is COc1cccc(/C=C/NC(=O)N2CCN(S(=O)(=O)c3ccccc3)CC2)c1. The fraction of sp³-hybridized carbons (Fsp3) is 0.250. The van der Waals surface area contributed by atoms with E-state index < -0.39 is 10.0 Å². The number of benzene rings is 2. The van der Waals surface area contributed by atoms with Gasteiger partial charge >= 0.3 is 6.03 Å². The molecule has 2 amide bonds. The van der Waals surface area contributed by atoms with Gasteiger partial charge in [-0.25, -0.2) is 13.2 Å². The van der Waals surface area contributed by atoms with Gasteiger partial charge in [-0.3, -0.25) is 0 Å². The summed E-state index contributed by atoms with van der Waals surface area (Å²) in [5.74, 6) is 0.740. The second-order valence-corrected chi connectivity index (χ2v) is 8.20. The van der Waals surface area contributed by atoms with Gasteiger partial charge in [-0.15, -0.1) is 0 Å². The van der Waals surface area contributed by atoms with Crippen molar-refractivity contribution in [2.24, 2.45) is 0 Å². The highest BCUT2D eigenvalue weighted by molar-refractivity contribution is 7.89. The summed E-state index contributed by atoms with van der Waals surface area (Å²) in [6, 6.07) is 15.6. The van der Waals surface area contributed by atoms with Gasteiger partial charge in [-0.05, 0) is 35.9 Å². The Morgan fingerprint density at radius 3 is 2.43 bits per heavy atom. The Hall–Kier alpha value is -2.84. The molecule has 0 spiro atoms. The number of amides is 2. The predicted molar refractivity (Wildman–Crippen MR) is 107 cm³/mol. The molecule has 1 aliphatic heterocycles. The van der Waals surface area contributed by atoms with Crippen LogP contribution < -0.4 is 10.1 Å². The van der Waals surface area contributed by atoms with Crippen LogP contribution in [0.3, 0.4) is 0 Å². The lowest BCUT2D eigenvalue weighted by Gasteiger charge is -2.33. The number of methoxy groups -OCH3 is 1. The Bertz CT molecular complexity index is 937. The fourth-order valence-electron chi connectivity index (χ4n) is 2.92. The van der Waals surface area contributed by atoms with Crippen LogP contribution in [0.15, 0.2) is 65.7 Å². The molecule has 2 aromatic carbocycles. The van der Waals surface area contributed by atoms with Crippen molar-refractivity contribution in [1.29, 1.82) is 0 Å². The molecule has 1 saturated heterocycles. The third-order valence-corrected chi connectivity index (χ3v) is 6.40. The number of urea groups is 1. The molecule has 1 aliphatic rings. The first-order chi connectivity index (χ1) is 13.5. The number of nitrogens with one attached hydrogen (secondary N) is 1. The maximum absolute atomic E-state index is 12.6. The summed E-state index contributed by atoms with van der Waals surface area (Å²) in [5.41, 5.74) is 0.901. The van der Waals surface area contributed by atoms with Crippen LogP contribution in [0.5, 0.6) is 5.75 Å². The summed E-state index contributed by atoms with van der Waals surface area (Å²) in [7, 11) is -1.92. The number of carbonyl (C=O) groups is 1. The molecule has 28 heavy (non-hydrogen) atoms. The average Bonchev–Trinajstić information content (AvgIpc) is 2.74. The van der Waals surface area contributed by atoms with Gasteiger partial charge in [0.15, 0.2) is 0 Å². The highest BCUT2D eigenvalue weighted by Gasteiger charge is 2.29. The normalized spacial score (nSPS) is 15.5. The number of sulfonamides is 1. The molecule has 0 radical (unpaired) electrons. The summed E-state index contributed by atoms with van der Waals surface area (Å²) in [5, 5.41) is 2.72. The number of ether oxygens (including phenoxy) is 1. The molecule has 1 heterocycles. The summed E-state index contributed by atoms with van der Waals surface area (Å²) >= 11 is 0. The zero-order valence-electron chi connectivity index (χ0n) is 15.6. The van der Waals surface area contributed by atoms with Crippen LogP contribution in [0.25, 0.3) is 6.08 Å². The third kappa shape index (κ3) is 4.71. The molecule has 0 saturated carbocycles. The molecule has 0 aromatic heterocycles. The van der Waals surface area contributed by atoms with E-state index in [0.717, 1.165) is 11.3 Å². The first-order valence-corrected chi connectivity index (χ1v) is 10.4. The Morgan fingerprint density at radius 1 is 1.04 bits per heavy atom. The van der Waals surface area contributed by atoms with E-state index in [0.29, 0.717) is 13.1 Å². The highest BCUT2D eigenvalue weighted by Crippen LogP contribution is 2.17. The molecule has 0 aliphatic carbocycles. The van der Waals surface area contributed by atoms with E-state index in [4.69, 9.17) is 4.74 Å². The Labute approximate surface area is 165 Å². The molecule has 1 N–H and O–H groups in total. The van der Waals surface area contributed by atoms with Crippen LogP contribution in [0.1, 0.15) is 5.56 Å². The number of rotatable bonds is 5. The zero-order chi connectivity index (χ0) is 20.0. The Kier molecular flexibility index (Phi) is 6.33. The van der Waals surface area contributed by atoms with Crippen LogP contribution in [0, 0.1) is 0 Å². The predicted octanol–water partition coefficient (Wildman–Crippen LogP) is 2.38. The maximum atomic E-state index is 12.6. The minimum absolute atomic E-state index is 0.254. The third-order valence-electron chi connectivity index (χ3n) is 4.48. The molecule has 0 bridgehead atoms. The molecule has 0 atom stereocenters. The monoisotopic (exact) mass is 401 g/mol. The van der Waals surface area contributed by atoms with E-state index in [1.807, 2.05) is 24.3 Å². The van der Waals surface area contributed by atoms with E-state index >= 15 is 0 Å². The van der Waals surface area contributed by atoms with Crippen molar-refractivity contribution in [3.05, 3.63) is 66.4 Å². The highest BCUT2D eigenvalue weighted by atomic mass is 32.2. The summed E-state index contributed by atoms with van der Waals surface area (Å²) in [6.07, 6.45) is 3.35. The summed E-state index contributed by atoms with van der Waals surface area (Å²) < 4.78 is 31.8. The minimum Gasteiger partial charge on any atom is -0.497 e. The van der Waals surface area contributed by atoms with Gasteiger partial charge in [0.25, 0.3) is 0 Å². The Morgan fingerprint density at radius 2 is 1.75 bits per heavy atom. The quantitative estimate of drug-likeness (QED) is 0.834. The van der Waals surface area contributed by atoms with Crippen molar-refractivity contribution in [3.63, 3.8) is 0 Å². The van der Waals surface area contributed by atoms with E-state index in [9.17, 15) is 13.2 Å². The molecule has 8 heteroatoms. The second kappa shape index (κ2) is 8.90. The molecule has 0 unspecified atom stereocenters. The van der Waals surface area contributed by atoms with Crippen molar-refractivity contribution in [3.8, 4) is 5.75 Å². The van der Waals surface area contributed by atoms with E-state index in [1.165, 1.54) is 4.31 Å². The van der Waals surface area contributed by atoms with Crippen molar-refractivity contribution in [2.75, 3.05) is 33.3 Å². The fourth-order valence-corrected chi connectivity index (χ4v) is 4.36. The molecule has 7 nitrogen and oxygen atoms in total. The van der Waals surface area contributed by atoms with Crippen molar-refractivity contribution >= 4 is 22.1 Å². The summed E-state index contributed by atoms with van der Waals surface area (Å²) in [4.78, 5) is 14.2. The second-order valence-electron chi connectivity index (χ2n) is 6.26. The van der Waals surface area contributed by atoms with E-state index in [2.05, 4.69) is 5.32 Å². The topological polar surface area (TPSA) is 79.0 Å². The van der Waals surface area contributed by atoms with Crippen LogP contribution in [-0.2, 0) is 10.0 Å². The smallest absolute Gasteiger partial charge is 0.321 e. The van der Waals surface area contributed by atoms with Crippen molar-refractivity contribution < 1.29 is 17.9 Å². The van der Waals surface area contributed by atoms with Crippen molar-refractivity contribution in [2.45, 2.75) is 4.90 Å². The lowest BCUT2D eigenvalue weighted by atomic mass is 10.2. The number of piperazine rings is 1. The molecule has 1 fully saturated rings. The van der Waals surface area contributed by atoms with E-state index in [1.54, 1.807) is 54.6 Å². The number of nitrogens with zero attached hydrogens (tertiary/aromatic N) is 2. The molecule has 3 rings (SSSR count). The molecule has 2 aromatic rings. The van der Waals surface area contributed by atoms with Gasteiger partial charge in [-0.1, -0.05) is 30.3 Å². The lowest BCUT2D eigenvalue weighted by molar-refractivity contribution is 0.175. The van der Waals surface area contributed by atoms with Crippen molar-refractivity contribution in [1.82, 2.24) is 14.5 Å². The molecule has 148 valence electrons. The lowest BCUT2D eigenvalue weighted by Crippen LogP contribution is -2.52. The van der Waals surface area contributed by atoms with Gasteiger partial charge in [0, 0.05) is 32.4 Å². The Balaban J connectivity index is 1.53. The first kappa shape index (κ1) is 19.9.